The quantitative estimate of drug-likeness (QED) is 0.893. The van der Waals surface area contributed by atoms with Crippen LogP contribution in [-0.4, -0.2) is 60.6 Å². The molecule has 0 bridgehead atoms. The van der Waals surface area contributed by atoms with Crippen molar-refractivity contribution < 1.29 is 18.0 Å². The fourth-order valence-electron chi connectivity index (χ4n) is 2.64. The Morgan fingerprint density at radius 1 is 1.42 bits per heavy atom. The van der Waals surface area contributed by atoms with E-state index in [0.717, 1.165) is 36.6 Å². The highest BCUT2D eigenvalue weighted by Gasteiger charge is 2.31. The summed E-state index contributed by atoms with van der Waals surface area (Å²) in [6, 6.07) is 4.43. The fraction of sp³-hybridized carbons (Fsp3) is 0.562. The highest BCUT2D eigenvalue weighted by Crippen LogP contribution is 2.30. The van der Waals surface area contributed by atoms with E-state index in [4.69, 9.17) is 0 Å². The summed E-state index contributed by atoms with van der Waals surface area (Å²) in [5.74, 6) is 1.81. The third-order valence-corrected chi connectivity index (χ3v) is 4.91. The molecule has 4 nitrogen and oxygen atoms in total. The third-order valence-electron chi connectivity index (χ3n) is 3.72. The summed E-state index contributed by atoms with van der Waals surface area (Å²) >= 11 is 1.80. The first-order chi connectivity index (χ1) is 11.3. The number of thioether (sulfide) groups is 1. The fourth-order valence-corrected chi connectivity index (χ4v) is 3.69. The zero-order valence-electron chi connectivity index (χ0n) is 13.8. The van der Waals surface area contributed by atoms with Gasteiger partial charge in [-0.15, -0.1) is 0 Å². The molecule has 24 heavy (non-hydrogen) atoms. The third kappa shape index (κ3) is 5.31. The molecule has 1 atom stereocenters. The summed E-state index contributed by atoms with van der Waals surface area (Å²) in [6.07, 6.45) is -3.54. The van der Waals surface area contributed by atoms with Crippen LogP contribution in [0.15, 0.2) is 24.3 Å². The Labute approximate surface area is 144 Å². The van der Waals surface area contributed by atoms with Crippen LogP contribution in [0.1, 0.15) is 12.0 Å². The molecule has 1 N–H and O–H groups in total. The zero-order valence-corrected chi connectivity index (χ0v) is 14.6. The Balaban J connectivity index is 2.11. The van der Waals surface area contributed by atoms with Crippen LogP contribution in [0.2, 0.25) is 0 Å². The van der Waals surface area contributed by atoms with Gasteiger partial charge in [0.05, 0.1) is 11.6 Å². The molecule has 2 rings (SSSR count). The molecule has 8 heteroatoms. The second-order valence-electron chi connectivity index (χ2n) is 6.05. The van der Waals surface area contributed by atoms with Crippen molar-refractivity contribution in [3.05, 3.63) is 29.8 Å². The van der Waals surface area contributed by atoms with Crippen molar-refractivity contribution in [1.82, 2.24) is 9.80 Å². The number of alkyl halides is 3. The van der Waals surface area contributed by atoms with Crippen LogP contribution >= 0.6 is 11.8 Å². The standard InChI is InChI=1S/C16H22F3N3OS/c1-21(2)10-14-11-24-8-4-7-22(14)15(23)20-13-6-3-5-12(9-13)16(17,18)19/h3,5-6,9,14H,4,7-8,10-11H2,1-2H3,(H,20,23)/t14-/m1/s1. The van der Waals surface area contributed by atoms with Crippen LogP contribution in [-0.2, 0) is 6.18 Å². The minimum absolute atomic E-state index is 0.0401. The van der Waals surface area contributed by atoms with Crippen molar-refractivity contribution in [2.75, 3.05) is 44.0 Å². The van der Waals surface area contributed by atoms with E-state index in [0.29, 0.717) is 6.54 Å². The molecule has 1 heterocycles. The van der Waals surface area contributed by atoms with Crippen LogP contribution in [0, 0.1) is 0 Å². The molecule has 1 fully saturated rings. The van der Waals surface area contributed by atoms with Crippen molar-refractivity contribution in [2.45, 2.75) is 18.6 Å². The lowest BCUT2D eigenvalue weighted by Gasteiger charge is -2.31. The van der Waals surface area contributed by atoms with Crippen LogP contribution in [0.4, 0.5) is 23.7 Å². The van der Waals surface area contributed by atoms with Gasteiger partial charge < -0.3 is 15.1 Å². The molecule has 1 saturated heterocycles. The van der Waals surface area contributed by atoms with Gasteiger partial charge in [-0.05, 0) is 44.5 Å². The average Bonchev–Trinajstić information content (AvgIpc) is 2.71. The van der Waals surface area contributed by atoms with Crippen molar-refractivity contribution in [3.63, 3.8) is 0 Å². The van der Waals surface area contributed by atoms with E-state index in [1.54, 1.807) is 16.7 Å². The second kappa shape index (κ2) is 8.11. The monoisotopic (exact) mass is 361 g/mol. The normalized spacial score (nSPS) is 19.2. The number of rotatable bonds is 3. The van der Waals surface area contributed by atoms with Crippen LogP contribution in [0.25, 0.3) is 0 Å². The number of likely N-dealkylation sites (N-methyl/N-ethyl adjacent to an activating group) is 1. The van der Waals surface area contributed by atoms with Gasteiger partial charge in [0.1, 0.15) is 0 Å². The number of hydrogen-bond donors (Lipinski definition) is 1. The molecule has 0 saturated carbocycles. The maximum atomic E-state index is 12.8. The maximum absolute atomic E-state index is 12.8. The molecular formula is C16H22F3N3OS. The lowest BCUT2D eigenvalue weighted by atomic mass is 10.2. The topological polar surface area (TPSA) is 35.6 Å². The Kier molecular flexibility index (Phi) is 6.40. The Hall–Kier alpha value is -1.41. The Morgan fingerprint density at radius 3 is 2.83 bits per heavy atom. The van der Waals surface area contributed by atoms with E-state index in [2.05, 4.69) is 5.32 Å². The molecule has 0 radical (unpaired) electrons. The largest absolute Gasteiger partial charge is 0.416 e. The molecular weight excluding hydrogens is 339 g/mol. The number of carbonyl (C=O) groups excluding carboxylic acids is 1. The molecule has 2 amide bonds. The number of benzene rings is 1. The summed E-state index contributed by atoms with van der Waals surface area (Å²) in [5, 5.41) is 2.61. The van der Waals surface area contributed by atoms with Gasteiger partial charge in [-0.1, -0.05) is 6.07 Å². The van der Waals surface area contributed by atoms with Crippen molar-refractivity contribution in [1.29, 1.82) is 0 Å². The smallest absolute Gasteiger partial charge is 0.319 e. The second-order valence-corrected chi connectivity index (χ2v) is 7.20. The minimum Gasteiger partial charge on any atom is -0.319 e. The van der Waals surface area contributed by atoms with Gasteiger partial charge in [-0.3, -0.25) is 0 Å². The first kappa shape index (κ1) is 18.9. The van der Waals surface area contributed by atoms with Crippen molar-refractivity contribution in [2.24, 2.45) is 0 Å². The Bertz CT molecular complexity index is 566. The van der Waals surface area contributed by atoms with E-state index in [1.165, 1.54) is 12.1 Å². The number of anilines is 1. The van der Waals surface area contributed by atoms with Crippen molar-refractivity contribution >= 4 is 23.5 Å². The molecule has 0 aromatic heterocycles. The molecule has 1 aliphatic heterocycles. The molecule has 0 spiro atoms. The number of amides is 2. The number of halogens is 3. The lowest BCUT2D eigenvalue weighted by Crippen LogP contribution is -2.48. The van der Waals surface area contributed by atoms with Gasteiger partial charge >= 0.3 is 12.2 Å². The summed E-state index contributed by atoms with van der Waals surface area (Å²) in [6.45, 7) is 1.33. The lowest BCUT2D eigenvalue weighted by molar-refractivity contribution is -0.137. The van der Waals surface area contributed by atoms with E-state index < -0.39 is 11.7 Å². The van der Waals surface area contributed by atoms with Gasteiger partial charge in [-0.2, -0.15) is 24.9 Å². The van der Waals surface area contributed by atoms with Crippen molar-refractivity contribution in [3.8, 4) is 0 Å². The number of nitrogens with one attached hydrogen (secondary N) is 1. The number of nitrogens with zero attached hydrogens (tertiary/aromatic N) is 2. The van der Waals surface area contributed by atoms with E-state index >= 15 is 0 Å². The van der Waals surface area contributed by atoms with E-state index in [-0.39, 0.29) is 17.8 Å². The number of urea groups is 1. The SMILES string of the molecule is CN(C)C[C@@H]1CSCCCN1C(=O)Nc1cccc(C(F)(F)F)c1. The maximum Gasteiger partial charge on any atom is 0.416 e. The highest BCUT2D eigenvalue weighted by atomic mass is 32.2. The van der Waals surface area contributed by atoms with Gasteiger partial charge in [0.25, 0.3) is 0 Å². The van der Waals surface area contributed by atoms with Crippen LogP contribution < -0.4 is 5.32 Å². The molecule has 1 aromatic carbocycles. The van der Waals surface area contributed by atoms with Gasteiger partial charge in [-0.25, -0.2) is 4.79 Å². The van der Waals surface area contributed by atoms with E-state index in [9.17, 15) is 18.0 Å². The van der Waals surface area contributed by atoms with Crippen LogP contribution in [0.3, 0.4) is 0 Å². The summed E-state index contributed by atoms with van der Waals surface area (Å²) in [7, 11) is 3.89. The first-order valence-electron chi connectivity index (χ1n) is 7.74. The van der Waals surface area contributed by atoms with E-state index in [1.807, 2.05) is 19.0 Å². The van der Waals surface area contributed by atoms with Crippen LogP contribution in [0.5, 0.6) is 0 Å². The molecule has 0 unspecified atom stereocenters. The first-order valence-corrected chi connectivity index (χ1v) is 8.90. The highest BCUT2D eigenvalue weighted by molar-refractivity contribution is 7.99. The summed E-state index contributed by atoms with van der Waals surface area (Å²) in [4.78, 5) is 16.3. The van der Waals surface area contributed by atoms with Gasteiger partial charge in [0.2, 0.25) is 0 Å². The van der Waals surface area contributed by atoms with Gasteiger partial charge in [0, 0.05) is 24.5 Å². The zero-order chi connectivity index (χ0) is 17.7. The molecule has 1 aromatic rings. The predicted molar refractivity (Wildman–Crippen MR) is 91.5 cm³/mol. The molecule has 0 aliphatic carbocycles. The average molecular weight is 361 g/mol. The number of carbonyl (C=O) groups is 1. The minimum atomic E-state index is -4.42. The molecule has 1 aliphatic rings. The summed E-state index contributed by atoms with van der Waals surface area (Å²) in [5.41, 5.74) is -0.605. The predicted octanol–water partition coefficient (Wildman–Crippen LogP) is 3.61. The number of hydrogen-bond acceptors (Lipinski definition) is 3. The van der Waals surface area contributed by atoms with Gasteiger partial charge in [0.15, 0.2) is 0 Å². The summed E-state index contributed by atoms with van der Waals surface area (Å²) < 4.78 is 38.4. The Morgan fingerprint density at radius 2 is 2.17 bits per heavy atom. The molecule has 134 valence electrons.